The highest BCUT2D eigenvalue weighted by atomic mass is 32.2. The highest BCUT2D eigenvalue weighted by Gasteiger charge is 2.35. The number of aryl methyl sites for hydroxylation is 1. The summed E-state index contributed by atoms with van der Waals surface area (Å²) in [6.45, 7) is 0.699. The SMILES string of the molecule is Cc1ccc(C2=C(c3cc(F)c(S(N)(=O)=O)cc3F)COC2=O)cc1C(F)(F)F. The first-order valence-corrected chi connectivity index (χ1v) is 9.46. The fraction of sp³-hybridized carbons (Fsp3) is 0.167. The molecule has 0 aromatic heterocycles. The summed E-state index contributed by atoms with van der Waals surface area (Å²) in [4.78, 5) is 11.0. The molecule has 2 aromatic carbocycles. The number of carbonyl (C=O) groups is 1. The van der Waals surface area contributed by atoms with Crippen molar-refractivity contribution in [2.75, 3.05) is 6.61 Å². The normalized spacial score (nSPS) is 15.1. The molecule has 0 amide bonds. The molecule has 1 heterocycles. The van der Waals surface area contributed by atoms with Gasteiger partial charge in [0.05, 0.1) is 11.1 Å². The van der Waals surface area contributed by atoms with E-state index in [0.29, 0.717) is 18.2 Å². The molecule has 0 atom stereocenters. The van der Waals surface area contributed by atoms with Crippen LogP contribution in [0.25, 0.3) is 11.1 Å². The van der Waals surface area contributed by atoms with E-state index in [2.05, 4.69) is 0 Å². The molecule has 1 aliphatic rings. The fourth-order valence-corrected chi connectivity index (χ4v) is 3.57. The van der Waals surface area contributed by atoms with Crippen molar-refractivity contribution in [3.05, 3.63) is 64.2 Å². The van der Waals surface area contributed by atoms with Crippen LogP contribution in [0.3, 0.4) is 0 Å². The van der Waals surface area contributed by atoms with Gasteiger partial charge in [-0.2, -0.15) is 13.2 Å². The van der Waals surface area contributed by atoms with Gasteiger partial charge in [0, 0.05) is 11.1 Å². The number of carbonyl (C=O) groups excluding carboxylic acids is 1. The quantitative estimate of drug-likeness (QED) is 0.594. The third-order valence-corrected chi connectivity index (χ3v) is 5.26. The summed E-state index contributed by atoms with van der Waals surface area (Å²) in [5.74, 6) is -3.63. The van der Waals surface area contributed by atoms with E-state index in [-0.39, 0.29) is 22.3 Å². The zero-order valence-corrected chi connectivity index (χ0v) is 15.4. The van der Waals surface area contributed by atoms with E-state index in [0.717, 1.165) is 6.07 Å². The van der Waals surface area contributed by atoms with Gasteiger partial charge in [0.1, 0.15) is 23.1 Å². The summed E-state index contributed by atoms with van der Waals surface area (Å²) in [5.41, 5.74) is -2.41. The predicted molar refractivity (Wildman–Crippen MR) is 91.7 cm³/mol. The second kappa shape index (κ2) is 6.92. The van der Waals surface area contributed by atoms with Crippen molar-refractivity contribution >= 4 is 27.1 Å². The van der Waals surface area contributed by atoms with Crippen LogP contribution < -0.4 is 5.14 Å². The molecule has 3 rings (SSSR count). The Labute approximate surface area is 161 Å². The number of sulfonamides is 1. The van der Waals surface area contributed by atoms with Crippen LogP contribution in [0, 0.1) is 18.6 Å². The van der Waals surface area contributed by atoms with Crippen molar-refractivity contribution < 1.29 is 39.9 Å². The molecule has 11 heteroatoms. The maximum Gasteiger partial charge on any atom is 0.416 e. The number of nitrogens with two attached hydrogens (primary N) is 1. The van der Waals surface area contributed by atoms with Crippen LogP contribution in [0.5, 0.6) is 0 Å². The number of cyclic esters (lactones) is 1. The Bertz CT molecular complexity index is 1170. The number of halogens is 5. The Balaban J connectivity index is 2.24. The second-order valence-electron chi connectivity index (χ2n) is 6.26. The van der Waals surface area contributed by atoms with Crippen LogP contribution >= 0.6 is 0 Å². The number of esters is 1. The van der Waals surface area contributed by atoms with Crippen LogP contribution in [0.15, 0.2) is 35.2 Å². The minimum absolute atomic E-state index is 0.0931. The highest BCUT2D eigenvalue weighted by molar-refractivity contribution is 7.89. The molecule has 0 saturated carbocycles. The Morgan fingerprint density at radius 1 is 1.07 bits per heavy atom. The summed E-state index contributed by atoms with van der Waals surface area (Å²) >= 11 is 0. The maximum absolute atomic E-state index is 14.5. The molecule has 0 radical (unpaired) electrons. The first-order valence-electron chi connectivity index (χ1n) is 7.91. The average Bonchev–Trinajstić information content (AvgIpc) is 2.96. The third-order valence-electron chi connectivity index (χ3n) is 4.34. The molecule has 0 fully saturated rings. The van der Waals surface area contributed by atoms with Crippen molar-refractivity contribution in [2.45, 2.75) is 18.0 Å². The zero-order valence-electron chi connectivity index (χ0n) is 14.6. The summed E-state index contributed by atoms with van der Waals surface area (Å²) in [7, 11) is -4.55. The summed E-state index contributed by atoms with van der Waals surface area (Å²) < 4.78 is 95.7. The van der Waals surface area contributed by atoms with Gasteiger partial charge in [-0.05, 0) is 36.2 Å². The van der Waals surface area contributed by atoms with Crippen LogP contribution in [0.4, 0.5) is 22.0 Å². The van der Waals surface area contributed by atoms with Crippen molar-refractivity contribution in [3.63, 3.8) is 0 Å². The molecule has 0 unspecified atom stereocenters. The molecule has 0 spiro atoms. The van der Waals surface area contributed by atoms with E-state index in [1.165, 1.54) is 13.0 Å². The first-order chi connectivity index (χ1) is 13.3. The van der Waals surface area contributed by atoms with E-state index >= 15 is 0 Å². The lowest BCUT2D eigenvalue weighted by molar-refractivity contribution is -0.138. The minimum Gasteiger partial charge on any atom is -0.457 e. The minimum atomic E-state index is -4.70. The van der Waals surface area contributed by atoms with Crippen molar-refractivity contribution in [2.24, 2.45) is 5.14 Å². The molecule has 2 N–H and O–H groups in total. The average molecular weight is 433 g/mol. The first kappa shape index (κ1) is 20.9. The summed E-state index contributed by atoms with van der Waals surface area (Å²) in [6, 6.07) is 3.91. The number of alkyl halides is 3. The fourth-order valence-electron chi connectivity index (χ4n) is 2.97. The largest absolute Gasteiger partial charge is 0.457 e. The molecule has 1 aliphatic heterocycles. The molecule has 29 heavy (non-hydrogen) atoms. The van der Waals surface area contributed by atoms with Crippen molar-refractivity contribution in [3.8, 4) is 0 Å². The van der Waals surface area contributed by atoms with Crippen LogP contribution in [0.1, 0.15) is 22.3 Å². The number of rotatable bonds is 3. The Morgan fingerprint density at radius 3 is 2.31 bits per heavy atom. The highest BCUT2D eigenvalue weighted by Crippen LogP contribution is 2.38. The molecule has 0 bridgehead atoms. The Hall–Kier alpha value is -2.79. The number of benzene rings is 2. The molecular weight excluding hydrogens is 421 g/mol. The third kappa shape index (κ3) is 3.87. The number of ether oxygens (including phenoxy) is 1. The molecule has 154 valence electrons. The summed E-state index contributed by atoms with van der Waals surface area (Å²) in [5, 5.41) is 4.81. The molecular formula is C18H12F5NO4S. The van der Waals surface area contributed by atoms with E-state index in [1.54, 1.807) is 0 Å². The smallest absolute Gasteiger partial charge is 0.416 e. The van der Waals surface area contributed by atoms with Gasteiger partial charge in [-0.1, -0.05) is 12.1 Å². The molecule has 5 nitrogen and oxygen atoms in total. The van der Waals surface area contributed by atoms with Crippen LogP contribution in [-0.4, -0.2) is 21.0 Å². The van der Waals surface area contributed by atoms with Gasteiger partial charge in [-0.3, -0.25) is 0 Å². The number of hydrogen-bond donors (Lipinski definition) is 1. The lowest BCUT2D eigenvalue weighted by Crippen LogP contribution is -2.15. The van der Waals surface area contributed by atoms with E-state index in [9.17, 15) is 35.2 Å². The number of hydrogen-bond acceptors (Lipinski definition) is 4. The lowest BCUT2D eigenvalue weighted by atomic mass is 9.93. The topological polar surface area (TPSA) is 86.5 Å². The van der Waals surface area contributed by atoms with Crippen molar-refractivity contribution in [1.29, 1.82) is 0 Å². The van der Waals surface area contributed by atoms with Crippen LogP contribution in [0.2, 0.25) is 0 Å². The zero-order chi connectivity index (χ0) is 21.7. The lowest BCUT2D eigenvalue weighted by Gasteiger charge is -2.13. The van der Waals surface area contributed by atoms with E-state index < -0.39 is 56.4 Å². The van der Waals surface area contributed by atoms with E-state index in [1.807, 2.05) is 0 Å². The number of primary sulfonamides is 1. The predicted octanol–water partition coefficient (Wildman–Crippen LogP) is 3.41. The van der Waals surface area contributed by atoms with Gasteiger partial charge in [0.15, 0.2) is 0 Å². The van der Waals surface area contributed by atoms with Gasteiger partial charge in [0.25, 0.3) is 0 Å². The summed E-state index contributed by atoms with van der Waals surface area (Å²) in [6.07, 6.45) is -4.70. The van der Waals surface area contributed by atoms with Gasteiger partial charge in [-0.25, -0.2) is 27.1 Å². The standard InChI is InChI=1S/C18H12F5NO4S/c1-8-2-3-9(4-12(8)18(21,22)23)16-11(7-28-17(16)25)10-5-14(20)15(6-13(10)19)29(24,26)27/h2-6H,7H2,1H3,(H2,24,26,27). The van der Waals surface area contributed by atoms with Gasteiger partial charge in [-0.15, -0.1) is 0 Å². The Morgan fingerprint density at radius 2 is 1.72 bits per heavy atom. The Kier molecular flexibility index (Phi) is 4.99. The second-order valence-corrected chi connectivity index (χ2v) is 7.79. The maximum atomic E-state index is 14.5. The van der Waals surface area contributed by atoms with Gasteiger partial charge >= 0.3 is 12.1 Å². The van der Waals surface area contributed by atoms with Gasteiger partial charge < -0.3 is 4.74 Å². The monoisotopic (exact) mass is 433 g/mol. The molecule has 0 aliphatic carbocycles. The van der Waals surface area contributed by atoms with Crippen molar-refractivity contribution in [1.82, 2.24) is 0 Å². The van der Waals surface area contributed by atoms with E-state index in [4.69, 9.17) is 9.88 Å². The van der Waals surface area contributed by atoms with Gasteiger partial charge in [0.2, 0.25) is 10.0 Å². The molecule has 0 saturated heterocycles. The van der Waals surface area contributed by atoms with Crippen LogP contribution in [-0.2, 0) is 25.7 Å². The molecule has 2 aromatic rings.